The van der Waals surface area contributed by atoms with E-state index in [2.05, 4.69) is 22.2 Å². The van der Waals surface area contributed by atoms with E-state index in [1.54, 1.807) is 0 Å². The molecule has 0 aromatic rings. The number of nitrogens with one attached hydrogen (secondary N) is 1. The molecule has 0 spiro atoms. The van der Waals surface area contributed by atoms with Crippen LogP contribution in [0.25, 0.3) is 0 Å². The zero-order valence-electron chi connectivity index (χ0n) is 10.0. The molecule has 2 aliphatic rings. The van der Waals surface area contributed by atoms with Crippen LogP contribution >= 0.6 is 0 Å². The van der Waals surface area contributed by atoms with E-state index in [9.17, 15) is 0 Å². The Kier molecular flexibility index (Phi) is 4.42. The van der Waals surface area contributed by atoms with E-state index in [4.69, 9.17) is 0 Å². The molecule has 2 heterocycles. The third kappa shape index (κ3) is 3.74. The van der Waals surface area contributed by atoms with Gasteiger partial charge in [0, 0.05) is 26.2 Å². The minimum absolute atomic E-state index is 0.992. The lowest BCUT2D eigenvalue weighted by Crippen LogP contribution is -2.45. The summed E-state index contributed by atoms with van der Waals surface area (Å²) in [6.45, 7) is 8.89. The molecule has 2 fully saturated rings. The average Bonchev–Trinajstić information content (AvgIpc) is 2.30. The number of likely N-dealkylation sites (N-methyl/N-ethyl adjacent to an activating group) is 1. The summed E-state index contributed by atoms with van der Waals surface area (Å²) in [6, 6.07) is 0. The number of rotatable bonds is 3. The summed E-state index contributed by atoms with van der Waals surface area (Å²) in [5.74, 6) is 0.992. The first-order chi connectivity index (χ1) is 7.34. The van der Waals surface area contributed by atoms with Crippen LogP contribution in [0.2, 0.25) is 0 Å². The summed E-state index contributed by atoms with van der Waals surface area (Å²) < 4.78 is 0. The highest BCUT2D eigenvalue weighted by molar-refractivity contribution is 4.73. The molecule has 0 bridgehead atoms. The second-order valence-corrected chi connectivity index (χ2v) is 5.13. The third-order valence-corrected chi connectivity index (χ3v) is 3.91. The van der Waals surface area contributed by atoms with Gasteiger partial charge in [0.2, 0.25) is 0 Å². The van der Waals surface area contributed by atoms with Gasteiger partial charge in [-0.25, -0.2) is 0 Å². The fourth-order valence-corrected chi connectivity index (χ4v) is 2.61. The Labute approximate surface area is 93.8 Å². The molecule has 3 nitrogen and oxygen atoms in total. The topological polar surface area (TPSA) is 18.5 Å². The zero-order chi connectivity index (χ0) is 10.5. The molecule has 2 aliphatic heterocycles. The van der Waals surface area contributed by atoms with Crippen molar-refractivity contribution in [2.75, 3.05) is 52.9 Å². The Morgan fingerprint density at radius 1 is 1.07 bits per heavy atom. The number of piperidine rings is 1. The predicted octanol–water partition coefficient (Wildman–Crippen LogP) is 0.623. The molecule has 0 amide bonds. The molecule has 0 radical (unpaired) electrons. The fourth-order valence-electron chi connectivity index (χ4n) is 2.61. The van der Waals surface area contributed by atoms with Crippen molar-refractivity contribution in [3.63, 3.8) is 0 Å². The highest BCUT2D eigenvalue weighted by Gasteiger charge is 2.17. The van der Waals surface area contributed by atoms with Crippen LogP contribution in [0.3, 0.4) is 0 Å². The van der Waals surface area contributed by atoms with Gasteiger partial charge in [-0.15, -0.1) is 0 Å². The molecule has 2 rings (SSSR count). The van der Waals surface area contributed by atoms with Crippen molar-refractivity contribution in [1.29, 1.82) is 0 Å². The molecule has 0 unspecified atom stereocenters. The second kappa shape index (κ2) is 5.83. The summed E-state index contributed by atoms with van der Waals surface area (Å²) in [4.78, 5) is 5.07. The Morgan fingerprint density at radius 3 is 2.40 bits per heavy atom. The van der Waals surface area contributed by atoms with Gasteiger partial charge < -0.3 is 15.1 Å². The molecular weight excluding hydrogens is 186 g/mol. The third-order valence-electron chi connectivity index (χ3n) is 3.91. The average molecular weight is 211 g/mol. The van der Waals surface area contributed by atoms with Crippen molar-refractivity contribution < 1.29 is 0 Å². The van der Waals surface area contributed by atoms with Gasteiger partial charge in [0.1, 0.15) is 0 Å². The summed E-state index contributed by atoms with van der Waals surface area (Å²) in [7, 11) is 2.23. The second-order valence-electron chi connectivity index (χ2n) is 5.13. The quantitative estimate of drug-likeness (QED) is 0.738. The summed E-state index contributed by atoms with van der Waals surface area (Å²) in [5.41, 5.74) is 0. The van der Waals surface area contributed by atoms with Gasteiger partial charge in [-0.05, 0) is 51.9 Å². The molecule has 88 valence electrons. The zero-order valence-corrected chi connectivity index (χ0v) is 10.0. The van der Waals surface area contributed by atoms with Crippen LogP contribution in [0.4, 0.5) is 0 Å². The Balaban J connectivity index is 1.60. The summed E-state index contributed by atoms with van der Waals surface area (Å²) in [5, 5.41) is 3.44. The number of hydrogen-bond donors (Lipinski definition) is 1. The van der Waals surface area contributed by atoms with Gasteiger partial charge >= 0.3 is 0 Å². The van der Waals surface area contributed by atoms with E-state index < -0.39 is 0 Å². The first kappa shape index (κ1) is 11.4. The fraction of sp³-hybridized carbons (Fsp3) is 1.00. The molecule has 2 saturated heterocycles. The Morgan fingerprint density at radius 2 is 1.73 bits per heavy atom. The van der Waals surface area contributed by atoms with Crippen LogP contribution < -0.4 is 5.32 Å². The SMILES string of the molecule is CN1CCN(CCC2CCNCC2)CC1. The van der Waals surface area contributed by atoms with Gasteiger partial charge in [-0.1, -0.05) is 0 Å². The summed E-state index contributed by atoms with van der Waals surface area (Å²) in [6.07, 6.45) is 4.22. The highest BCUT2D eigenvalue weighted by Crippen LogP contribution is 2.16. The number of nitrogens with zero attached hydrogens (tertiary/aromatic N) is 2. The molecule has 0 aromatic heterocycles. The molecule has 0 saturated carbocycles. The highest BCUT2D eigenvalue weighted by atomic mass is 15.2. The summed E-state index contributed by atoms with van der Waals surface area (Å²) >= 11 is 0. The molecule has 15 heavy (non-hydrogen) atoms. The van der Waals surface area contributed by atoms with Crippen LogP contribution in [0.1, 0.15) is 19.3 Å². The van der Waals surface area contributed by atoms with Gasteiger partial charge in [-0.2, -0.15) is 0 Å². The van der Waals surface area contributed by atoms with Crippen molar-refractivity contribution in [2.45, 2.75) is 19.3 Å². The smallest absolute Gasteiger partial charge is 0.0110 e. The van der Waals surface area contributed by atoms with Crippen LogP contribution in [0.5, 0.6) is 0 Å². The van der Waals surface area contributed by atoms with Crippen molar-refractivity contribution in [3.05, 3.63) is 0 Å². The van der Waals surface area contributed by atoms with E-state index in [1.807, 2.05) is 0 Å². The van der Waals surface area contributed by atoms with Crippen molar-refractivity contribution in [3.8, 4) is 0 Å². The van der Waals surface area contributed by atoms with E-state index in [0.717, 1.165) is 5.92 Å². The van der Waals surface area contributed by atoms with E-state index >= 15 is 0 Å². The van der Waals surface area contributed by atoms with Crippen molar-refractivity contribution in [2.24, 2.45) is 5.92 Å². The van der Waals surface area contributed by atoms with Gasteiger partial charge in [0.15, 0.2) is 0 Å². The van der Waals surface area contributed by atoms with Crippen LogP contribution in [-0.4, -0.2) is 62.7 Å². The molecule has 3 heteroatoms. The normalized spacial score (nSPS) is 27.0. The molecule has 0 atom stereocenters. The minimum Gasteiger partial charge on any atom is -0.317 e. The lowest BCUT2D eigenvalue weighted by molar-refractivity contribution is 0.143. The molecular formula is C12H25N3. The standard InChI is InChI=1S/C12H25N3/c1-14-8-10-15(11-9-14)7-4-12-2-5-13-6-3-12/h12-13H,2-11H2,1H3. The van der Waals surface area contributed by atoms with Crippen LogP contribution in [-0.2, 0) is 0 Å². The first-order valence-electron chi connectivity index (χ1n) is 6.46. The van der Waals surface area contributed by atoms with E-state index in [-0.39, 0.29) is 0 Å². The maximum atomic E-state index is 3.44. The van der Waals surface area contributed by atoms with Crippen molar-refractivity contribution in [1.82, 2.24) is 15.1 Å². The van der Waals surface area contributed by atoms with Crippen molar-refractivity contribution >= 4 is 0 Å². The van der Waals surface area contributed by atoms with E-state index in [0.29, 0.717) is 0 Å². The number of hydrogen-bond acceptors (Lipinski definition) is 3. The Bertz CT molecular complexity index is 170. The molecule has 1 N–H and O–H groups in total. The monoisotopic (exact) mass is 211 g/mol. The maximum Gasteiger partial charge on any atom is 0.0110 e. The molecule has 0 aromatic carbocycles. The minimum atomic E-state index is 0.992. The maximum absolute atomic E-state index is 3.44. The number of piperazine rings is 1. The Hall–Kier alpha value is -0.120. The lowest BCUT2D eigenvalue weighted by Gasteiger charge is -2.33. The van der Waals surface area contributed by atoms with Gasteiger partial charge in [0.05, 0.1) is 0 Å². The predicted molar refractivity (Wildman–Crippen MR) is 64.1 cm³/mol. The van der Waals surface area contributed by atoms with Gasteiger partial charge in [-0.3, -0.25) is 0 Å². The van der Waals surface area contributed by atoms with E-state index in [1.165, 1.54) is 65.1 Å². The molecule has 0 aliphatic carbocycles. The van der Waals surface area contributed by atoms with Crippen LogP contribution in [0, 0.1) is 5.92 Å². The lowest BCUT2D eigenvalue weighted by atomic mass is 9.94. The first-order valence-corrected chi connectivity index (χ1v) is 6.46. The largest absolute Gasteiger partial charge is 0.317 e. The van der Waals surface area contributed by atoms with Gasteiger partial charge in [0.25, 0.3) is 0 Å². The van der Waals surface area contributed by atoms with Crippen LogP contribution in [0.15, 0.2) is 0 Å².